The van der Waals surface area contributed by atoms with E-state index in [2.05, 4.69) is 5.32 Å². The first-order valence-electron chi connectivity index (χ1n) is 15.7. The number of esters is 1. The van der Waals surface area contributed by atoms with Crippen molar-refractivity contribution in [2.24, 2.45) is 34.8 Å². The number of hydrogen-bond acceptors (Lipinski definition) is 8. The zero-order chi connectivity index (χ0) is 33.3. The minimum absolute atomic E-state index is 0.00845. The molecule has 45 heavy (non-hydrogen) atoms. The SMILES string of the molecule is CCC1=CC(=O)C=CC1(C)C1CC2CC[C@H](C(=O)COC(=O)/C(C)=C\c3cc(F)ccc3NC(=O)C(N)C(C)C)[C@@]2(O)CC1O. The van der Waals surface area contributed by atoms with E-state index in [1.165, 1.54) is 31.2 Å². The van der Waals surface area contributed by atoms with Crippen molar-refractivity contribution < 1.29 is 38.5 Å². The number of carbonyl (C=O) groups is 4. The van der Waals surface area contributed by atoms with Crippen LogP contribution in [0.3, 0.4) is 0 Å². The summed E-state index contributed by atoms with van der Waals surface area (Å²) in [6, 6.07) is 2.93. The zero-order valence-corrected chi connectivity index (χ0v) is 26.6. The first kappa shape index (κ1) is 34.4. The number of ether oxygens (including phenoxy) is 1. The van der Waals surface area contributed by atoms with Crippen LogP contribution >= 0.6 is 0 Å². The molecule has 1 aromatic carbocycles. The minimum Gasteiger partial charge on any atom is -0.454 e. The second kappa shape index (κ2) is 13.5. The number of hydrogen-bond donors (Lipinski definition) is 4. The van der Waals surface area contributed by atoms with E-state index < -0.39 is 59.2 Å². The van der Waals surface area contributed by atoms with Gasteiger partial charge in [-0.25, -0.2) is 9.18 Å². The fourth-order valence-electron chi connectivity index (χ4n) is 7.32. The van der Waals surface area contributed by atoms with Crippen LogP contribution < -0.4 is 11.1 Å². The first-order chi connectivity index (χ1) is 21.1. The van der Waals surface area contributed by atoms with Gasteiger partial charge in [-0.15, -0.1) is 0 Å². The molecule has 1 amide bonds. The van der Waals surface area contributed by atoms with Gasteiger partial charge in [0, 0.05) is 28.7 Å². The third-order valence-electron chi connectivity index (χ3n) is 10.1. The molecule has 244 valence electrons. The van der Waals surface area contributed by atoms with Crippen LogP contribution in [0, 0.1) is 34.9 Å². The van der Waals surface area contributed by atoms with Crippen molar-refractivity contribution in [2.45, 2.75) is 84.5 Å². The lowest BCUT2D eigenvalue weighted by Crippen LogP contribution is -2.55. The van der Waals surface area contributed by atoms with E-state index in [-0.39, 0.29) is 46.8 Å². The molecule has 5 N–H and O–H groups in total. The fourth-order valence-corrected chi connectivity index (χ4v) is 7.32. The molecule has 0 bridgehead atoms. The van der Waals surface area contributed by atoms with Crippen molar-refractivity contribution in [1.29, 1.82) is 0 Å². The average Bonchev–Trinajstić information content (AvgIpc) is 3.32. The number of nitrogens with one attached hydrogen (secondary N) is 1. The monoisotopic (exact) mass is 624 g/mol. The van der Waals surface area contributed by atoms with Gasteiger partial charge in [-0.3, -0.25) is 14.4 Å². The predicted molar refractivity (Wildman–Crippen MR) is 168 cm³/mol. The lowest BCUT2D eigenvalue weighted by molar-refractivity contribution is -0.158. The van der Waals surface area contributed by atoms with E-state index in [9.17, 15) is 33.8 Å². The Morgan fingerprint density at radius 1 is 1.24 bits per heavy atom. The maximum atomic E-state index is 14.1. The molecule has 0 spiro atoms. The average molecular weight is 625 g/mol. The summed E-state index contributed by atoms with van der Waals surface area (Å²) in [7, 11) is 0. The Labute approximate surface area is 263 Å². The number of anilines is 1. The summed E-state index contributed by atoms with van der Waals surface area (Å²) in [4.78, 5) is 50.7. The molecule has 9 nitrogen and oxygen atoms in total. The highest BCUT2D eigenvalue weighted by atomic mass is 19.1. The largest absolute Gasteiger partial charge is 0.454 e. The lowest BCUT2D eigenvalue weighted by Gasteiger charge is -2.50. The molecule has 7 atom stereocenters. The highest BCUT2D eigenvalue weighted by Crippen LogP contribution is 2.56. The van der Waals surface area contributed by atoms with Crippen LogP contribution in [0.5, 0.6) is 0 Å². The van der Waals surface area contributed by atoms with Gasteiger partial charge < -0.3 is 26.0 Å². The van der Waals surface area contributed by atoms with Gasteiger partial charge in [0.25, 0.3) is 0 Å². The Morgan fingerprint density at radius 3 is 2.62 bits per heavy atom. The molecule has 0 heterocycles. The van der Waals surface area contributed by atoms with Crippen LogP contribution in [0.15, 0.2) is 47.6 Å². The summed E-state index contributed by atoms with van der Waals surface area (Å²) in [5.41, 5.74) is 5.46. The summed E-state index contributed by atoms with van der Waals surface area (Å²) >= 11 is 0. The zero-order valence-electron chi connectivity index (χ0n) is 26.6. The summed E-state index contributed by atoms with van der Waals surface area (Å²) < 4.78 is 19.4. The number of Topliss-reactive ketones (excluding diaryl/α,β-unsaturated/α-hetero) is 1. The van der Waals surface area contributed by atoms with Gasteiger partial charge >= 0.3 is 5.97 Å². The second-order valence-electron chi connectivity index (χ2n) is 13.3. The van der Waals surface area contributed by atoms with Crippen molar-refractivity contribution in [3.05, 3.63) is 59.0 Å². The summed E-state index contributed by atoms with van der Waals surface area (Å²) in [5, 5.41) is 25.7. The van der Waals surface area contributed by atoms with Gasteiger partial charge in [0.05, 0.1) is 23.7 Å². The molecular weight excluding hydrogens is 579 g/mol. The number of rotatable bonds is 10. The first-order valence-corrected chi connectivity index (χ1v) is 15.7. The van der Waals surface area contributed by atoms with Crippen LogP contribution in [0.25, 0.3) is 6.08 Å². The standard InChI is InChI=1S/C35H45FN2O7/c1-6-22-15-25(39)11-12-34(22,5)27-16-23-7-9-26(35(23,44)17-29(27)40)30(41)18-45-33(43)20(4)13-21-14-24(36)8-10-28(21)38-32(42)31(37)19(2)3/h8,10-15,19,23,26-27,29,31,40,44H,6-7,9,16-18,37H2,1-5H3,(H,38,42)/b20-13-/t23?,26-,27?,29?,31?,34?,35-/m1/s1. The van der Waals surface area contributed by atoms with E-state index in [0.29, 0.717) is 25.7 Å². The number of halogens is 1. The maximum Gasteiger partial charge on any atom is 0.334 e. The van der Waals surface area contributed by atoms with Crippen molar-refractivity contribution in [3.63, 3.8) is 0 Å². The Balaban J connectivity index is 1.42. The number of benzene rings is 1. The number of nitrogens with two attached hydrogens (primary N) is 1. The van der Waals surface area contributed by atoms with Crippen LogP contribution in [0.2, 0.25) is 0 Å². The van der Waals surface area contributed by atoms with Gasteiger partial charge in [-0.05, 0) is 86.8 Å². The van der Waals surface area contributed by atoms with Crippen molar-refractivity contribution in [2.75, 3.05) is 11.9 Å². The van der Waals surface area contributed by atoms with Crippen LogP contribution in [-0.4, -0.2) is 58.0 Å². The Kier molecular flexibility index (Phi) is 10.3. The Morgan fingerprint density at radius 2 is 1.96 bits per heavy atom. The number of ketones is 2. The molecule has 3 aliphatic carbocycles. The molecule has 3 aliphatic rings. The van der Waals surface area contributed by atoms with Crippen molar-refractivity contribution in [1.82, 2.24) is 0 Å². The van der Waals surface area contributed by atoms with Gasteiger partial charge in [0.2, 0.25) is 5.91 Å². The Bertz CT molecular complexity index is 1450. The topological polar surface area (TPSA) is 156 Å². The number of fused-ring (bicyclic) bond motifs is 1. The molecule has 2 saturated carbocycles. The van der Waals surface area contributed by atoms with Gasteiger partial charge in [0.15, 0.2) is 18.2 Å². The fraction of sp³-hybridized carbons (Fsp3) is 0.543. The van der Waals surface area contributed by atoms with E-state index in [1.54, 1.807) is 19.9 Å². The minimum atomic E-state index is -1.43. The quantitative estimate of drug-likeness (QED) is 0.222. The molecule has 0 aromatic heterocycles. The number of aliphatic hydroxyl groups excluding tert-OH is 1. The van der Waals surface area contributed by atoms with E-state index in [1.807, 2.05) is 19.9 Å². The third kappa shape index (κ3) is 7.03. The second-order valence-corrected chi connectivity index (χ2v) is 13.3. The molecular formula is C35H45FN2O7. The van der Waals surface area contributed by atoms with Crippen LogP contribution in [0.4, 0.5) is 10.1 Å². The maximum absolute atomic E-state index is 14.1. The molecule has 4 rings (SSSR count). The Hall–Kier alpha value is -3.47. The summed E-state index contributed by atoms with van der Waals surface area (Å²) in [6.07, 6.45) is 7.63. The highest BCUT2D eigenvalue weighted by Gasteiger charge is 2.59. The lowest BCUT2D eigenvalue weighted by atomic mass is 9.57. The molecule has 0 radical (unpaired) electrons. The number of aliphatic hydroxyl groups is 2. The molecule has 5 unspecified atom stereocenters. The highest BCUT2D eigenvalue weighted by molar-refractivity contribution is 6.01. The van der Waals surface area contributed by atoms with Crippen LogP contribution in [0.1, 0.15) is 72.3 Å². The number of allylic oxidation sites excluding steroid dienone is 4. The normalized spacial score (nSPS) is 30.5. The predicted octanol–water partition coefficient (Wildman–Crippen LogP) is 4.27. The smallest absolute Gasteiger partial charge is 0.334 e. The van der Waals surface area contributed by atoms with Gasteiger partial charge in [0.1, 0.15) is 5.82 Å². The number of amides is 1. The third-order valence-corrected chi connectivity index (χ3v) is 10.1. The molecule has 1 aromatic rings. The van der Waals surface area contributed by atoms with E-state index >= 15 is 0 Å². The molecule has 0 saturated heterocycles. The molecule has 10 heteroatoms. The van der Waals surface area contributed by atoms with E-state index in [4.69, 9.17) is 10.5 Å². The van der Waals surface area contributed by atoms with Crippen molar-refractivity contribution >= 4 is 35.2 Å². The van der Waals surface area contributed by atoms with Gasteiger partial charge in [-0.1, -0.05) is 39.3 Å². The summed E-state index contributed by atoms with van der Waals surface area (Å²) in [6.45, 7) is 8.47. The van der Waals surface area contributed by atoms with Crippen LogP contribution in [-0.2, 0) is 23.9 Å². The molecule has 0 aliphatic heterocycles. The van der Waals surface area contributed by atoms with E-state index in [0.717, 1.165) is 11.6 Å². The number of carbonyl (C=O) groups excluding carboxylic acids is 4. The summed E-state index contributed by atoms with van der Waals surface area (Å²) in [5.74, 6) is -3.73. The van der Waals surface area contributed by atoms with Gasteiger partial charge in [-0.2, -0.15) is 0 Å². The molecule has 2 fully saturated rings. The van der Waals surface area contributed by atoms with Crippen molar-refractivity contribution in [3.8, 4) is 0 Å².